The van der Waals surface area contributed by atoms with Gasteiger partial charge in [-0.1, -0.05) is 15.9 Å². The van der Waals surface area contributed by atoms with Crippen molar-refractivity contribution in [3.63, 3.8) is 0 Å². The number of likely N-dealkylation sites (tertiary alicyclic amines) is 1. The predicted molar refractivity (Wildman–Crippen MR) is 73.4 cm³/mol. The summed E-state index contributed by atoms with van der Waals surface area (Å²) in [7, 11) is 3.89. The van der Waals surface area contributed by atoms with Gasteiger partial charge >= 0.3 is 0 Å². The minimum Gasteiger partial charge on any atom is -0.496 e. The number of halogens is 1. The zero-order valence-electron chi connectivity index (χ0n) is 10.4. The Bertz CT molecular complexity index is 384. The van der Waals surface area contributed by atoms with Crippen LogP contribution in [0.4, 0.5) is 0 Å². The minimum atomic E-state index is 0.601. The molecule has 1 aliphatic rings. The third-order valence-electron chi connectivity index (χ3n) is 3.21. The second-order valence-electron chi connectivity index (χ2n) is 4.58. The van der Waals surface area contributed by atoms with Crippen LogP contribution in [0.5, 0.6) is 5.75 Å². The van der Waals surface area contributed by atoms with Crippen LogP contribution in [0, 0.1) is 0 Å². The summed E-state index contributed by atoms with van der Waals surface area (Å²) in [4.78, 5) is 2.36. The van der Waals surface area contributed by atoms with Gasteiger partial charge in [0.25, 0.3) is 0 Å². The molecule has 0 aliphatic carbocycles. The number of hydrogen-bond acceptors (Lipinski definition) is 3. The molecule has 2 rings (SSSR count). The Labute approximate surface area is 111 Å². The van der Waals surface area contributed by atoms with Crippen LogP contribution in [0.2, 0.25) is 0 Å². The van der Waals surface area contributed by atoms with Crippen LogP contribution < -0.4 is 10.1 Å². The molecule has 1 heterocycles. The fourth-order valence-electron chi connectivity index (χ4n) is 2.24. The first-order valence-corrected chi connectivity index (χ1v) is 6.72. The summed E-state index contributed by atoms with van der Waals surface area (Å²) in [5.41, 5.74) is 1.21. The third-order valence-corrected chi connectivity index (χ3v) is 3.71. The van der Waals surface area contributed by atoms with Gasteiger partial charge in [0.15, 0.2) is 0 Å². The molecule has 1 aromatic carbocycles. The van der Waals surface area contributed by atoms with E-state index in [1.807, 2.05) is 12.1 Å². The molecule has 17 heavy (non-hydrogen) atoms. The van der Waals surface area contributed by atoms with E-state index in [-0.39, 0.29) is 0 Å². The molecule has 1 N–H and O–H groups in total. The van der Waals surface area contributed by atoms with Gasteiger partial charge in [0.05, 0.1) is 7.11 Å². The average molecular weight is 299 g/mol. The van der Waals surface area contributed by atoms with Crippen molar-refractivity contribution in [3.8, 4) is 5.75 Å². The zero-order chi connectivity index (χ0) is 12.3. The second kappa shape index (κ2) is 5.85. The fourth-order valence-corrected chi connectivity index (χ4v) is 2.65. The van der Waals surface area contributed by atoms with Crippen molar-refractivity contribution >= 4 is 15.9 Å². The maximum Gasteiger partial charge on any atom is 0.123 e. The number of nitrogens with one attached hydrogen (secondary N) is 1. The quantitative estimate of drug-likeness (QED) is 0.923. The van der Waals surface area contributed by atoms with Crippen LogP contribution in [0.15, 0.2) is 22.7 Å². The predicted octanol–water partition coefficient (Wildman–Crippen LogP) is 2.25. The van der Waals surface area contributed by atoms with Crippen molar-refractivity contribution in [2.45, 2.75) is 19.0 Å². The van der Waals surface area contributed by atoms with Crippen LogP contribution in [0.1, 0.15) is 12.0 Å². The summed E-state index contributed by atoms with van der Waals surface area (Å²) in [6.45, 7) is 3.19. The van der Waals surface area contributed by atoms with Gasteiger partial charge in [-0.25, -0.2) is 0 Å². The van der Waals surface area contributed by atoms with E-state index in [2.05, 4.69) is 39.3 Å². The Morgan fingerprint density at radius 1 is 1.53 bits per heavy atom. The monoisotopic (exact) mass is 298 g/mol. The number of hydrogen-bond donors (Lipinski definition) is 1. The average Bonchev–Trinajstić information content (AvgIpc) is 2.73. The van der Waals surface area contributed by atoms with E-state index in [9.17, 15) is 0 Å². The van der Waals surface area contributed by atoms with Gasteiger partial charge in [-0.2, -0.15) is 0 Å². The molecule has 4 heteroatoms. The highest BCUT2D eigenvalue weighted by molar-refractivity contribution is 9.10. The van der Waals surface area contributed by atoms with Gasteiger partial charge in [-0.15, -0.1) is 0 Å². The molecule has 0 radical (unpaired) electrons. The second-order valence-corrected chi connectivity index (χ2v) is 5.50. The van der Waals surface area contributed by atoms with Gasteiger partial charge in [0.2, 0.25) is 0 Å². The molecular formula is C13H19BrN2O. The molecule has 0 aromatic heterocycles. The Balaban J connectivity index is 1.96. The van der Waals surface area contributed by atoms with E-state index in [4.69, 9.17) is 4.74 Å². The molecular weight excluding hydrogens is 280 g/mol. The van der Waals surface area contributed by atoms with Gasteiger partial charge in [-0.3, -0.25) is 0 Å². The Morgan fingerprint density at radius 3 is 3.00 bits per heavy atom. The molecule has 1 fully saturated rings. The van der Waals surface area contributed by atoms with Gasteiger partial charge in [0.1, 0.15) is 5.75 Å². The first-order chi connectivity index (χ1) is 8.19. The van der Waals surface area contributed by atoms with Crippen molar-refractivity contribution in [1.29, 1.82) is 0 Å². The number of ether oxygens (including phenoxy) is 1. The number of methoxy groups -OCH3 is 1. The molecule has 3 nitrogen and oxygen atoms in total. The summed E-state index contributed by atoms with van der Waals surface area (Å²) in [5, 5.41) is 3.59. The van der Waals surface area contributed by atoms with E-state index in [1.165, 1.54) is 18.5 Å². The highest BCUT2D eigenvalue weighted by atomic mass is 79.9. The third kappa shape index (κ3) is 3.44. The molecule has 1 unspecified atom stereocenters. The maximum atomic E-state index is 5.37. The molecule has 0 saturated carbocycles. The lowest BCUT2D eigenvalue weighted by Crippen LogP contribution is -2.31. The summed E-state index contributed by atoms with van der Waals surface area (Å²) < 4.78 is 6.46. The highest BCUT2D eigenvalue weighted by Crippen LogP contribution is 2.23. The standard InChI is InChI=1S/C13H19BrN2O/c1-16-6-5-12(9-16)15-8-10-7-11(14)3-4-13(10)17-2/h3-4,7,12,15H,5-6,8-9H2,1-2H3. The molecule has 94 valence electrons. The van der Waals surface area contributed by atoms with Crippen molar-refractivity contribution in [1.82, 2.24) is 10.2 Å². The largest absolute Gasteiger partial charge is 0.496 e. The van der Waals surface area contributed by atoms with E-state index in [1.54, 1.807) is 7.11 Å². The summed E-state index contributed by atoms with van der Waals surface area (Å²) in [6, 6.07) is 6.72. The molecule has 0 amide bonds. The molecule has 1 aromatic rings. The van der Waals surface area contributed by atoms with Crippen LogP contribution in [0.25, 0.3) is 0 Å². The molecule has 1 atom stereocenters. The first kappa shape index (κ1) is 12.9. The lowest BCUT2D eigenvalue weighted by Gasteiger charge is -2.15. The lowest BCUT2D eigenvalue weighted by atomic mass is 10.2. The Kier molecular flexibility index (Phi) is 4.42. The lowest BCUT2D eigenvalue weighted by molar-refractivity contribution is 0.391. The molecule has 1 saturated heterocycles. The minimum absolute atomic E-state index is 0.601. The Hall–Kier alpha value is -0.580. The highest BCUT2D eigenvalue weighted by Gasteiger charge is 2.18. The topological polar surface area (TPSA) is 24.5 Å². The van der Waals surface area contributed by atoms with Gasteiger partial charge in [-0.05, 0) is 38.2 Å². The number of likely N-dealkylation sites (N-methyl/N-ethyl adjacent to an activating group) is 1. The van der Waals surface area contributed by atoms with Crippen molar-refractivity contribution in [2.24, 2.45) is 0 Å². The molecule has 1 aliphatic heterocycles. The summed E-state index contributed by atoms with van der Waals surface area (Å²) in [5.74, 6) is 0.951. The van der Waals surface area contributed by atoms with Crippen molar-refractivity contribution < 1.29 is 4.74 Å². The Morgan fingerprint density at radius 2 is 2.35 bits per heavy atom. The van der Waals surface area contributed by atoms with Crippen LogP contribution >= 0.6 is 15.9 Å². The summed E-state index contributed by atoms with van der Waals surface area (Å²) in [6.07, 6.45) is 1.23. The first-order valence-electron chi connectivity index (χ1n) is 5.93. The zero-order valence-corrected chi connectivity index (χ0v) is 12.0. The van der Waals surface area contributed by atoms with Gasteiger partial charge in [0, 0.05) is 29.2 Å². The SMILES string of the molecule is COc1ccc(Br)cc1CNC1CCN(C)C1. The summed E-state index contributed by atoms with van der Waals surface area (Å²) >= 11 is 3.50. The smallest absolute Gasteiger partial charge is 0.123 e. The van der Waals surface area contributed by atoms with E-state index >= 15 is 0 Å². The fraction of sp³-hybridized carbons (Fsp3) is 0.538. The van der Waals surface area contributed by atoms with Gasteiger partial charge < -0.3 is 15.0 Å². The molecule has 0 bridgehead atoms. The van der Waals surface area contributed by atoms with Crippen LogP contribution in [0.3, 0.4) is 0 Å². The number of benzene rings is 1. The normalized spacial score (nSPS) is 20.8. The number of nitrogens with zero attached hydrogens (tertiary/aromatic N) is 1. The van der Waals surface area contributed by atoms with Crippen LogP contribution in [-0.4, -0.2) is 38.2 Å². The van der Waals surface area contributed by atoms with Crippen LogP contribution in [-0.2, 0) is 6.54 Å². The van der Waals surface area contributed by atoms with E-state index in [0.717, 1.165) is 23.3 Å². The maximum absolute atomic E-state index is 5.37. The van der Waals surface area contributed by atoms with E-state index in [0.29, 0.717) is 6.04 Å². The molecule has 0 spiro atoms. The number of rotatable bonds is 4. The van der Waals surface area contributed by atoms with E-state index < -0.39 is 0 Å². The van der Waals surface area contributed by atoms with Crippen molar-refractivity contribution in [2.75, 3.05) is 27.2 Å². The van der Waals surface area contributed by atoms with Crippen molar-refractivity contribution in [3.05, 3.63) is 28.2 Å².